The van der Waals surface area contributed by atoms with Gasteiger partial charge in [-0.1, -0.05) is 0 Å². The first kappa shape index (κ1) is 23.9. The summed E-state index contributed by atoms with van der Waals surface area (Å²) in [6.07, 6.45) is -4.84. The second-order valence-corrected chi connectivity index (χ2v) is 7.55. The lowest BCUT2D eigenvalue weighted by Gasteiger charge is -2.23. The summed E-state index contributed by atoms with van der Waals surface area (Å²) >= 11 is 0. The van der Waals surface area contributed by atoms with Crippen molar-refractivity contribution < 1.29 is 30.0 Å². The van der Waals surface area contributed by atoms with Gasteiger partial charge in [0, 0.05) is 6.54 Å². The molecule has 2 aromatic rings. The van der Waals surface area contributed by atoms with Gasteiger partial charge in [-0.25, -0.2) is 9.78 Å². The summed E-state index contributed by atoms with van der Waals surface area (Å²) in [7, 11) is 3.63. The fourth-order valence-corrected chi connectivity index (χ4v) is 2.86. The van der Waals surface area contributed by atoms with Crippen molar-refractivity contribution in [3.63, 3.8) is 0 Å². The van der Waals surface area contributed by atoms with Gasteiger partial charge in [0.1, 0.15) is 24.9 Å². The van der Waals surface area contributed by atoms with E-state index in [1.54, 1.807) is 12.1 Å². The van der Waals surface area contributed by atoms with Gasteiger partial charge in [-0.3, -0.25) is 4.79 Å². The Balaban J connectivity index is 2.52. The van der Waals surface area contributed by atoms with Gasteiger partial charge in [-0.05, 0) is 51.2 Å². The molecule has 10 heteroatoms. The minimum Gasteiger partial charge on any atom is -0.459 e. The number of carbonyl (C=O) groups is 1. The summed E-state index contributed by atoms with van der Waals surface area (Å²) in [5.74, 6) is -0.888. The predicted molar refractivity (Wildman–Crippen MR) is 109 cm³/mol. The molecule has 0 aliphatic rings. The number of esters is 1. The van der Waals surface area contributed by atoms with E-state index in [2.05, 4.69) is 4.98 Å². The van der Waals surface area contributed by atoms with Crippen LogP contribution in [0.25, 0.3) is 11.0 Å². The van der Waals surface area contributed by atoms with Crippen LogP contribution in [0.1, 0.15) is 21.6 Å². The number of hydrogen-bond acceptors (Lipinski definition) is 9. The zero-order valence-corrected chi connectivity index (χ0v) is 17.6. The van der Waals surface area contributed by atoms with E-state index in [0.717, 1.165) is 15.7 Å². The van der Waals surface area contributed by atoms with Crippen LogP contribution in [0.5, 0.6) is 0 Å². The van der Waals surface area contributed by atoms with Crippen LogP contribution in [0.4, 0.5) is 0 Å². The Kier molecular flexibility index (Phi) is 8.04. The van der Waals surface area contributed by atoms with Gasteiger partial charge in [0.2, 0.25) is 5.69 Å². The molecule has 2 rings (SSSR count). The Bertz CT molecular complexity index is 958. The van der Waals surface area contributed by atoms with Crippen LogP contribution in [-0.2, 0) is 11.3 Å². The standard InChI is InChI=1S/C20H29N3O7/c1-11-7-13-14(8-12(11)2)23(9-15(25)18(27)16(26)10-24)19(28)17(21-13)20(29)30-6-5-22(3)4/h7-8,15-16,18,24-27H,5-6,9-10H2,1-4H3/t15-,16+,18-/m0/s1. The molecule has 3 atom stereocenters. The van der Waals surface area contributed by atoms with Gasteiger partial charge in [-0.15, -0.1) is 0 Å². The lowest BCUT2D eigenvalue weighted by atomic mass is 10.1. The molecule has 0 aliphatic carbocycles. The number of rotatable bonds is 9. The molecule has 30 heavy (non-hydrogen) atoms. The zero-order chi connectivity index (χ0) is 22.6. The molecular weight excluding hydrogens is 394 g/mol. The molecule has 1 aromatic heterocycles. The predicted octanol–water partition coefficient (Wildman–Crippen LogP) is -1.19. The van der Waals surface area contributed by atoms with Crippen molar-refractivity contribution in [1.82, 2.24) is 14.5 Å². The smallest absolute Gasteiger partial charge is 0.362 e. The highest BCUT2D eigenvalue weighted by Gasteiger charge is 2.27. The third kappa shape index (κ3) is 5.41. The average molecular weight is 423 g/mol. The summed E-state index contributed by atoms with van der Waals surface area (Å²) in [4.78, 5) is 31.5. The SMILES string of the molecule is Cc1cc2nc(C(=O)OCCN(C)C)c(=O)n(C[C@H](O)[C@H](O)[C@H](O)CO)c2cc1C. The Labute approximate surface area is 174 Å². The second-order valence-electron chi connectivity index (χ2n) is 7.55. The molecule has 166 valence electrons. The Morgan fingerprint density at radius 1 is 1.17 bits per heavy atom. The number of ether oxygens (including phenoxy) is 1. The summed E-state index contributed by atoms with van der Waals surface area (Å²) in [5, 5.41) is 38.8. The van der Waals surface area contributed by atoms with Crippen LogP contribution in [-0.4, -0.2) is 93.0 Å². The van der Waals surface area contributed by atoms with E-state index in [4.69, 9.17) is 9.84 Å². The number of aryl methyl sites for hydroxylation is 2. The van der Waals surface area contributed by atoms with Gasteiger partial charge in [0.05, 0.1) is 24.2 Å². The van der Waals surface area contributed by atoms with Crippen LogP contribution < -0.4 is 5.56 Å². The molecule has 0 bridgehead atoms. The average Bonchev–Trinajstić information content (AvgIpc) is 2.69. The molecule has 0 aliphatic heterocycles. The van der Waals surface area contributed by atoms with Gasteiger partial charge < -0.3 is 34.6 Å². The number of hydrogen-bond donors (Lipinski definition) is 4. The van der Waals surface area contributed by atoms with Crippen molar-refractivity contribution in [3.05, 3.63) is 39.3 Å². The number of carbonyl (C=O) groups excluding carboxylic acids is 1. The highest BCUT2D eigenvalue weighted by Crippen LogP contribution is 2.18. The van der Waals surface area contributed by atoms with Gasteiger partial charge in [-0.2, -0.15) is 0 Å². The normalized spacial score (nSPS) is 14.7. The molecule has 4 N–H and O–H groups in total. The fourth-order valence-electron chi connectivity index (χ4n) is 2.86. The van der Waals surface area contributed by atoms with Gasteiger partial charge in [0.15, 0.2) is 0 Å². The first-order chi connectivity index (χ1) is 14.1. The summed E-state index contributed by atoms with van der Waals surface area (Å²) in [6.45, 7) is 3.06. The molecule has 0 saturated carbocycles. The van der Waals surface area contributed by atoms with E-state index in [1.165, 1.54) is 0 Å². The lowest BCUT2D eigenvalue weighted by molar-refractivity contribution is -0.0805. The molecule has 10 nitrogen and oxygen atoms in total. The van der Waals surface area contributed by atoms with Crippen molar-refractivity contribution in [2.24, 2.45) is 0 Å². The van der Waals surface area contributed by atoms with Crippen molar-refractivity contribution >= 4 is 17.0 Å². The Hall–Kier alpha value is -2.37. The zero-order valence-electron chi connectivity index (χ0n) is 17.6. The van der Waals surface area contributed by atoms with Crippen molar-refractivity contribution in [2.45, 2.75) is 38.7 Å². The molecule has 0 saturated heterocycles. The van der Waals surface area contributed by atoms with Crippen molar-refractivity contribution in [3.8, 4) is 0 Å². The topological polar surface area (TPSA) is 145 Å². The minimum absolute atomic E-state index is 0.0714. The van der Waals surface area contributed by atoms with E-state index >= 15 is 0 Å². The van der Waals surface area contributed by atoms with Crippen molar-refractivity contribution in [2.75, 3.05) is 33.9 Å². The van der Waals surface area contributed by atoms with E-state index < -0.39 is 48.7 Å². The highest BCUT2D eigenvalue weighted by atomic mass is 16.5. The monoisotopic (exact) mass is 423 g/mol. The molecular formula is C20H29N3O7. The maximum Gasteiger partial charge on any atom is 0.362 e. The first-order valence-electron chi connectivity index (χ1n) is 9.55. The van der Waals surface area contributed by atoms with Crippen LogP contribution in [0.2, 0.25) is 0 Å². The van der Waals surface area contributed by atoms with Crippen molar-refractivity contribution in [1.29, 1.82) is 0 Å². The Morgan fingerprint density at radius 3 is 2.40 bits per heavy atom. The summed E-state index contributed by atoms with van der Waals surface area (Å²) < 4.78 is 6.26. The summed E-state index contributed by atoms with van der Waals surface area (Å²) in [5.41, 5.74) is 1.24. The number of nitrogens with zero attached hydrogens (tertiary/aromatic N) is 3. The van der Waals surface area contributed by atoms with Gasteiger partial charge in [0.25, 0.3) is 5.56 Å². The van der Waals surface area contributed by atoms with Crippen LogP contribution >= 0.6 is 0 Å². The molecule has 0 spiro atoms. The maximum atomic E-state index is 13.0. The first-order valence-corrected chi connectivity index (χ1v) is 9.55. The molecule has 0 fully saturated rings. The van der Waals surface area contributed by atoms with Crippen LogP contribution in [0, 0.1) is 13.8 Å². The number of fused-ring (bicyclic) bond motifs is 1. The Morgan fingerprint density at radius 2 is 1.80 bits per heavy atom. The van der Waals surface area contributed by atoms with Gasteiger partial charge >= 0.3 is 5.97 Å². The third-order valence-electron chi connectivity index (χ3n) is 4.87. The molecule has 1 aromatic carbocycles. The molecule has 0 unspecified atom stereocenters. The summed E-state index contributed by atoms with van der Waals surface area (Å²) in [6, 6.07) is 3.41. The highest BCUT2D eigenvalue weighted by molar-refractivity contribution is 5.89. The lowest BCUT2D eigenvalue weighted by Crippen LogP contribution is -2.43. The number of benzene rings is 1. The number of aromatic nitrogens is 2. The second kappa shape index (κ2) is 10.1. The van der Waals surface area contributed by atoms with E-state index in [1.807, 2.05) is 32.8 Å². The molecule has 0 radical (unpaired) electrons. The quantitative estimate of drug-likeness (QED) is 0.366. The van der Waals surface area contributed by atoms with Crippen LogP contribution in [0.15, 0.2) is 16.9 Å². The largest absolute Gasteiger partial charge is 0.459 e. The number of aliphatic hydroxyl groups is 4. The molecule has 0 amide bonds. The maximum absolute atomic E-state index is 13.0. The van der Waals surface area contributed by atoms with E-state index in [-0.39, 0.29) is 6.61 Å². The fraction of sp³-hybridized carbons (Fsp3) is 0.550. The minimum atomic E-state index is -1.69. The van der Waals surface area contributed by atoms with E-state index in [0.29, 0.717) is 17.6 Å². The third-order valence-corrected chi connectivity index (χ3v) is 4.87. The van der Waals surface area contributed by atoms with Crippen LogP contribution in [0.3, 0.4) is 0 Å². The number of aliphatic hydroxyl groups excluding tert-OH is 4. The molecule has 1 heterocycles. The van der Waals surface area contributed by atoms with E-state index in [9.17, 15) is 24.9 Å². The number of likely N-dealkylation sites (N-methyl/N-ethyl adjacent to an activating group) is 1.